The van der Waals surface area contributed by atoms with Gasteiger partial charge in [-0.25, -0.2) is 4.79 Å². The summed E-state index contributed by atoms with van der Waals surface area (Å²) in [6.45, 7) is 2.19. The molecule has 2 amide bonds. The topological polar surface area (TPSA) is 77.9 Å². The van der Waals surface area contributed by atoms with Crippen molar-refractivity contribution < 1.29 is 19.5 Å². The maximum Gasteiger partial charge on any atom is 0.335 e. The lowest BCUT2D eigenvalue weighted by Crippen LogP contribution is -2.38. The van der Waals surface area contributed by atoms with E-state index in [1.165, 1.54) is 12.1 Å². The van der Waals surface area contributed by atoms with Gasteiger partial charge in [-0.2, -0.15) is 0 Å². The molecule has 0 saturated carbocycles. The first-order valence-electron chi connectivity index (χ1n) is 8.99. The second-order valence-corrected chi connectivity index (χ2v) is 6.57. The van der Waals surface area contributed by atoms with Crippen LogP contribution in [0.1, 0.15) is 32.7 Å². The van der Waals surface area contributed by atoms with E-state index in [4.69, 9.17) is 5.11 Å². The van der Waals surface area contributed by atoms with E-state index in [9.17, 15) is 14.4 Å². The number of carbonyl (C=O) groups is 3. The van der Waals surface area contributed by atoms with E-state index >= 15 is 0 Å². The van der Waals surface area contributed by atoms with E-state index in [1.54, 1.807) is 34.1 Å². The second-order valence-electron chi connectivity index (χ2n) is 6.57. The molecule has 0 aromatic heterocycles. The molecule has 1 aliphatic rings. The first-order chi connectivity index (χ1) is 13.0. The zero-order valence-corrected chi connectivity index (χ0v) is 15.0. The molecule has 0 radical (unpaired) electrons. The van der Waals surface area contributed by atoms with Gasteiger partial charge in [0.05, 0.1) is 12.0 Å². The van der Waals surface area contributed by atoms with E-state index in [0.29, 0.717) is 37.3 Å². The molecule has 1 aliphatic heterocycles. The normalized spacial score (nSPS) is 14.5. The van der Waals surface area contributed by atoms with Crippen LogP contribution in [-0.2, 0) is 11.2 Å². The molecule has 6 heteroatoms. The third-order valence-electron chi connectivity index (χ3n) is 4.69. The van der Waals surface area contributed by atoms with Gasteiger partial charge in [-0.3, -0.25) is 9.59 Å². The minimum Gasteiger partial charge on any atom is -0.478 e. The van der Waals surface area contributed by atoms with Gasteiger partial charge in [-0.1, -0.05) is 30.3 Å². The Kier molecular flexibility index (Phi) is 5.86. The summed E-state index contributed by atoms with van der Waals surface area (Å²) in [6, 6.07) is 15.6. The molecule has 3 rings (SSSR count). The van der Waals surface area contributed by atoms with Crippen molar-refractivity contribution in [1.82, 2.24) is 9.80 Å². The van der Waals surface area contributed by atoms with Crippen molar-refractivity contribution in [3.63, 3.8) is 0 Å². The number of hydrogen-bond acceptors (Lipinski definition) is 3. The molecule has 1 N–H and O–H groups in total. The van der Waals surface area contributed by atoms with Crippen molar-refractivity contribution in [3.8, 4) is 0 Å². The number of carboxylic acids is 1. The van der Waals surface area contributed by atoms with E-state index in [1.807, 2.05) is 18.2 Å². The lowest BCUT2D eigenvalue weighted by Gasteiger charge is -2.22. The van der Waals surface area contributed by atoms with Gasteiger partial charge < -0.3 is 14.9 Å². The molecule has 1 saturated heterocycles. The second kappa shape index (κ2) is 8.49. The monoisotopic (exact) mass is 366 g/mol. The van der Waals surface area contributed by atoms with E-state index in [2.05, 4.69) is 0 Å². The van der Waals surface area contributed by atoms with Gasteiger partial charge in [-0.15, -0.1) is 0 Å². The van der Waals surface area contributed by atoms with Gasteiger partial charge in [0, 0.05) is 31.7 Å². The summed E-state index contributed by atoms with van der Waals surface area (Å²) in [5, 5.41) is 9.07. The zero-order valence-electron chi connectivity index (χ0n) is 15.0. The molecule has 0 aliphatic carbocycles. The number of hydrogen-bond donors (Lipinski definition) is 1. The molecule has 6 nitrogen and oxygen atoms in total. The summed E-state index contributed by atoms with van der Waals surface area (Å²) >= 11 is 0. The third kappa shape index (κ3) is 4.73. The Hall–Kier alpha value is -3.15. The number of carboxylic acid groups (broad SMARTS) is 1. The predicted octanol–water partition coefficient (Wildman–Crippen LogP) is 2.30. The summed E-state index contributed by atoms with van der Waals surface area (Å²) < 4.78 is 0. The van der Waals surface area contributed by atoms with Crippen LogP contribution in [0, 0.1) is 0 Å². The number of amides is 2. The van der Waals surface area contributed by atoms with Crippen molar-refractivity contribution in [2.75, 3.05) is 26.2 Å². The molecular formula is C21H22N2O4. The van der Waals surface area contributed by atoms with Gasteiger partial charge >= 0.3 is 5.97 Å². The molecule has 2 aromatic rings. The van der Waals surface area contributed by atoms with Crippen molar-refractivity contribution in [2.45, 2.75) is 12.8 Å². The van der Waals surface area contributed by atoms with Crippen LogP contribution in [0.15, 0.2) is 54.6 Å². The van der Waals surface area contributed by atoms with Crippen LogP contribution in [0.4, 0.5) is 0 Å². The van der Waals surface area contributed by atoms with Crippen LogP contribution >= 0.6 is 0 Å². The Bertz CT molecular complexity index is 835. The zero-order chi connectivity index (χ0) is 19.2. The fourth-order valence-electron chi connectivity index (χ4n) is 3.23. The summed E-state index contributed by atoms with van der Waals surface area (Å²) in [6.07, 6.45) is 0.882. The van der Waals surface area contributed by atoms with Crippen molar-refractivity contribution in [2.24, 2.45) is 0 Å². The fourth-order valence-corrected chi connectivity index (χ4v) is 3.23. The molecule has 1 heterocycles. The van der Waals surface area contributed by atoms with E-state index < -0.39 is 5.97 Å². The van der Waals surface area contributed by atoms with Crippen LogP contribution in [0.2, 0.25) is 0 Å². The Labute approximate surface area is 158 Å². The maximum absolute atomic E-state index is 12.6. The number of benzene rings is 2. The summed E-state index contributed by atoms with van der Waals surface area (Å²) in [5.41, 5.74) is 1.51. The van der Waals surface area contributed by atoms with Crippen LogP contribution in [0.5, 0.6) is 0 Å². The van der Waals surface area contributed by atoms with Gasteiger partial charge in [0.15, 0.2) is 0 Å². The Morgan fingerprint density at radius 2 is 1.48 bits per heavy atom. The Morgan fingerprint density at radius 1 is 0.815 bits per heavy atom. The van der Waals surface area contributed by atoms with Gasteiger partial charge in [-0.05, 0) is 36.2 Å². The molecule has 27 heavy (non-hydrogen) atoms. The standard InChI is InChI=1S/C21H22N2O4/c24-19(15-16-6-4-9-18(14-16)21(26)27)22-10-5-11-23(13-12-22)20(25)17-7-2-1-3-8-17/h1-4,6-9,14H,5,10-13,15H2,(H,26,27). The highest BCUT2D eigenvalue weighted by Gasteiger charge is 2.23. The Balaban J connectivity index is 1.60. The predicted molar refractivity (Wildman–Crippen MR) is 101 cm³/mol. The van der Waals surface area contributed by atoms with Crippen LogP contribution in [0.3, 0.4) is 0 Å². The summed E-state index contributed by atoms with van der Waals surface area (Å²) in [5.74, 6) is -1.07. The van der Waals surface area contributed by atoms with Crippen LogP contribution in [0.25, 0.3) is 0 Å². The summed E-state index contributed by atoms with van der Waals surface area (Å²) in [4.78, 5) is 39.8. The average Bonchev–Trinajstić information content (AvgIpc) is 2.94. The molecular weight excluding hydrogens is 344 g/mol. The SMILES string of the molecule is O=C(O)c1cccc(CC(=O)N2CCCN(C(=O)c3ccccc3)CC2)c1. The van der Waals surface area contributed by atoms with E-state index in [0.717, 1.165) is 6.42 Å². The molecule has 0 atom stereocenters. The van der Waals surface area contributed by atoms with Gasteiger partial charge in [0.2, 0.25) is 5.91 Å². The Morgan fingerprint density at radius 3 is 2.22 bits per heavy atom. The smallest absolute Gasteiger partial charge is 0.335 e. The number of nitrogens with zero attached hydrogens (tertiary/aromatic N) is 2. The number of carbonyl (C=O) groups excluding carboxylic acids is 2. The van der Waals surface area contributed by atoms with Gasteiger partial charge in [0.25, 0.3) is 5.91 Å². The van der Waals surface area contributed by atoms with Crippen LogP contribution < -0.4 is 0 Å². The number of aromatic carboxylic acids is 1. The molecule has 0 bridgehead atoms. The van der Waals surface area contributed by atoms with Crippen molar-refractivity contribution >= 4 is 17.8 Å². The van der Waals surface area contributed by atoms with Crippen LogP contribution in [-0.4, -0.2) is 58.9 Å². The molecule has 2 aromatic carbocycles. The molecule has 0 unspecified atom stereocenters. The highest BCUT2D eigenvalue weighted by atomic mass is 16.4. The first-order valence-corrected chi connectivity index (χ1v) is 8.99. The van der Waals surface area contributed by atoms with Crippen molar-refractivity contribution in [1.29, 1.82) is 0 Å². The average molecular weight is 366 g/mol. The highest BCUT2D eigenvalue weighted by Crippen LogP contribution is 2.12. The fraction of sp³-hybridized carbons (Fsp3) is 0.286. The molecule has 140 valence electrons. The lowest BCUT2D eigenvalue weighted by molar-refractivity contribution is -0.130. The molecule has 0 spiro atoms. The maximum atomic E-state index is 12.6. The quantitative estimate of drug-likeness (QED) is 0.901. The lowest BCUT2D eigenvalue weighted by atomic mass is 10.1. The minimum absolute atomic E-state index is 0.0148. The minimum atomic E-state index is -1.01. The summed E-state index contributed by atoms with van der Waals surface area (Å²) in [7, 11) is 0. The van der Waals surface area contributed by atoms with E-state index in [-0.39, 0.29) is 23.8 Å². The first kappa shape index (κ1) is 18.6. The number of rotatable bonds is 4. The molecule has 1 fully saturated rings. The van der Waals surface area contributed by atoms with Crippen molar-refractivity contribution in [3.05, 3.63) is 71.3 Å². The third-order valence-corrected chi connectivity index (χ3v) is 4.69. The highest BCUT2D eigenvalue weighted by molar-refractivity contribution is 5.94. The van der Waals surface area contributed by atoms with Gasteiger partial charge in [0.1, 0.15) is 0 Å². The largest absolute Gasteiger partial charge is 0.478 e.